The standard InChI is InChI=1S/C12H16N2/c1-10-12(9-13(2)14(10)3)11-7-5-4-6-8-11/h4-10H,1-3H3. The third-order valence-corrected chi connectivity index (χ3v) is 2.94. The molecule has 0 amide bonds. The molecule has 0 bridgehead atoms. The summed E-state index contributed by atoms with van der Waals surface area (Å²) < 4.78 is 0. The van der Waals surface area contributed by atoms with E-state index in [0.717, 1.165) is 0 Å². The Labute approximate surface area is 85.4 Å². The molecule has 74 valence electrons. The van der Waals surface area contributed by atoms with Crippen LogP contribution in [0, 0.1) is 0 Å². The molecule has 2 nitrogen and oxygen atoms in total. The Morgan fingerprint density at radius 2 is 1.71 bits per heavy atom. The summed E-state index contributed by atoms with van der Waals surface area (Å²) in [4.78, 5) is 0. The maximum atomic E-state index is 2.22. The van der Waals surface area contributed by atoms with Crippen LogP contribution in [0.15, 0.2) is 36.5 Å². The first-order chi connectivity index (χ1) is 6.70. The van der Waals surface area contributed by atoms with E-state index in [1.807, 2.05) is 0 Å². The third kappa shape index (κ3) is 1.42. The molecule has 1 heterocycles. The Hall–Kier alpha value is -1.28. The number of nitrogens with zero attached hydrogens (tertiary/aromatic N) is 2. The highest BCUT2D eigenvalue weighted by Crippen LogP contribution is 2.27. The van der Waals surface area contributed by atoms with E-state index in [4.69, 9.17) is 0 Å². The van der Waals surface area contributed by atoms with Crippen LogP contribution in [0.5, 0.6) is 0 Å². The average molecular weight is 188 g/mol. The van der Waals surface area contributed by atoms with Crippen molar-refractivity contribution in [3.8, 4) is 0 Å². The van der Waals surface area contributed by atoms with Gasteiger partial charge in [-0.05, 0) is 18.1 Å². The van der Waals surface area contributed by atoms with Crippen LogP contribution in [-0.2, 0) is 0 Å². The van der Waals surface area contributed by atoms with Crippen LogP contribution in [0.4, 0.5) is 0 Å². The zero-order valence-corrected chi connectivity index (χ0v) is 8.94. The van der Waals surface area contributed by atoms with Crippen LogP contribution in [0.3, 0.4) is 0 Å². The molecule has 0 saturated heterocycles. The van der Waals surface area contributed by atoms with Crippen molar-refractivity contribution in [1.82, 2.24) is 10.0 Å². The van der Waals surface area contributed by atoms with Gasteiger partial charge >= 0.3 is 0 Å². The predicted molar refractivity (Wildman–Crippen MR) is 59.4 cm³/mol. The van der Waals surface area contributed by atoms with E-state index in [2.05, 4.69) is 67.6 Å². The molecule has 1 aliphatic rings. The zero-order chi connectivity index (χ0) is 10.1. The van der Waals surface area contributed by atoms with E-state index in [1.165, 1.54) is 11.1 Å². The van der Waals surface area contributed by atoms with E-state index in [-0.39, 0.29) is 0 Å². The molecule has 0 radical (unpaired) electrons. The van der Waals surface area contributed by atoms with E-state index < -0.39 is 0 Å². The highest BCUT2D eigenvalue weighted by atomic mass is 15.6. The van der Waals surface area contributed by atoms with Gasteiger partial charge in [-0.15, -0.1) is 0 Å². The first-order valence-electron chi connectivity index (χ1n) is 4.93. The Morgan fingerprint density at radius 1 is 1.07 bits per heavy atom. The summed E-state index contributed by atoms with van der Waals surface area (Å²) in [5.74, 6) is 0. The smallest absolute Gasteiger partial charge is 0.0531 e. The van der Waals surface area contributed by atoms with Gasteiger partial charge in [-0.1, -0.05) is 30.3 Å². The van der Waals surface area contributed by atoms with Gasteiger partial charge in [0.1, 0.15) is 0 Å². The summed E-state index contributed by atoms with van der Waals surface area (Å²) >= 11 is 0. The molecule has 1 atom stereocenters. The number of hydrogen-bond donors (Lipinski definition) is 0. The van der Waals surface area contributed by atoms with Crippen molar-refractivity contribution in [2.24, 2.45) is 0 Å². The number of rotatable bonds is 1. The second-order valence-corrected chi connectivity index (χ2v) is 3.77. The van der Waals surface area contributed by atoms with Gasteiger partial charge in [0, 0.05) is 20.3 Å². The molecule has 0 aliphatic carbocycles. The van der Waals surface area contributed by atoms with Crippen LogP contribution in [-0.4, -0.2) is 30.2 Å². The van der Waals surface area contributed by atoms with Gasteiger partial charge in [0.05, 0.1) is 6.04 Å². The Bertz CT molecular complexity index is 343. The van der Waals surface area contributed by atoms with Crippen LogP contribution in [0.2, 0.25) is 0 Å². The summed E-state index contributed by atoms with van der Waals surface area (Å²) in [6.45, 7) is 2.22. The van der Waals surface area contributed by atoms with E-state index in [0.29, 0.717) is 6.04 Å². The molecule has 0 saturated carbocycles. The molecular weight excluding hydrogens is 172 g/mol. The van der Waals surface area contributed by atoms with Crippen molar-refractivity contribution in [3.63, 3.8) is 0 Å². The fourth-order valence-corrected chi connectivity index (χ4v) is 1.82. The minimum Gasteiger partial charge on any atom is -0.315 e. The lowest BCUT2D eigenvalue weighted by Crippen LogP contribution is -2.33. The maximum absolute atomic E-state index is 2.22. The van der Waals surface area contributed by atoms with Crippen LogP contribution in [0.25, 0.3) is 5.57 Å². The van der Waals surface area contributed by atoms with Crippen molar-refractivity contribution >= 4 is 5.57 Å². The van der Waals surface area contributed by atoms with Crippen molar-refractivity contribution in [2.75, 3.05) is 14.1 Å². The zero-order valence-electron chi connectivity index (χ0n) is 8.94. The van der Waals surface area contributed by atoms with Crippen molar-refractivity contribution in [3.05, 3.63) is 42.1 Å². The van der Waals surface area contributed by atoms with Crippen molar-refractivity contribution < 1.29 is 0 Å². The summed E-state index contributed by atoms with van der Waals surface area (Å²) in [5.41, 5.74) is 2.70. The molecule has 0 N–H and O–H groups in total. The molecule has 1 aliphatic heterocycles. The molecule has 1 aromatic carbocycles. The second kappa shape index (κ2) is 3.46. The van der Waals surface area contributed by atoms with Crippen molar-refractivity contribution in [2.45, 2.75) is 13.0 Å². The van der Waals surface area contributed by atoms with Crippen molar-refractivity contribution in [1.29, 1.82) is 0 Å². The lowest BCUT2D eigenvalue weighted by Gasteiger charge is -2.24. The van der Waals surface area contributed by atoms with E-state index >= 15 is 0 Å². The minimum absolute atomic E-state index is 0.461. The van der Waals surface area contributed by atoms with Gasteiger partial charge in [-0.3, -0.25) is 0 Å². The highest BCUT2D eigenvalue weighted by molar-refractivity contribution is 5.70. The van der Waals surface area contributed by atoms with Crippen LogP contribution in [0.1, 0.15) is 12.5 Å². The molecule has 2 heteroatoms. The van der Waals surface area contributed by atoms with Gasteiger partial charge in [-0.25, -0.2) is 5.01 Å². The third-order valence-electron chi connectivity index (χ3n) is 2.94. The predicted octanol–water partition coefficient (Wildman–Crippen LogP) is 2.21. The minimum atomic E-state index is 0.461. The molecular formula is C12H16N2. The van der Waals surface area contributed by atoms with Gasteiger partial charge in [0.2, 0.25) is 0 Å². The van der Waals surface area contributed by atoms with E-state index in [9.17, 15) is 0 Å². The molecule has 0 spiro atoms. The Balaban J connectivity index is 2.33. The lowest BCUT2D eigenvalue weighted by molar-refractivity contribution is 0.0823. The summed E-state index contributed by atoms with van der Waals surface area (Å²) in [6.07, 6.45) is 2.19. The monoisotopic (exact) mass is 188 g/mol. The largest absolute Gasteiger partial charge is 0.315 e. The normalized spacial score (nSPS) is 22.6. The average Bonchev–Trinajstić information content (AvgIpc) is 2.47. The van der Waals surface area contributed by atoms with Gasteiger partial charge < -0.3 is 5.01 Å². The van der Waals surface area contributed by atoms with E-state index in [1.54, 1.807) is 0 Å². The molecule has 14 heavy (non-hydrogen) atoms. The SMILES string of the molecule is CC1C(c2ccccc2)=CN(C)N1C. The fourth-order valence-electron chi connectivity index (χ4n) is 1.82. The van der Waals surface area contributed by atoms with Gasteiger partial charge in [-0.2, -0.15) is 0 Å². The topological polar surface area (TPSA) is 6.48 Å². The quantitative estimate of drug-likeness (QED) is 0.666. The summed E-state index contributed by atoms with van der Waals surface area (Å²) in [5, 5.41) is 4.36. The Kier molecular flexibility index (Phi) is 2.30. The first kappa shape index (κ1) is 9.28. The van der Waals surface area contributed by atoms with Gasteiger partial charge in [0.15, 0.2) is 0 Å². The summed E-state index contributed by atoms with van der Waals surface area (Å²) in [7, 11) is 4.18. The number of likely N-dealkylation sites (N-methyl/N-ethyl adjacent to an activating group) is 1. The number of hydrogen-bond acceptors (Lipinski definition) is 2. The first-order valence-corrected chi connectivity index (χ1v) is 4.93. The molecule has 0 fully saturated rings. The number of benzene rings is 1. The van der Waals surface area contributed by atoms with Gasteiger partial charge in [0.25, 0.3) is 0 Å². The summed E-state index contributed by atoms with van der Waals surface area (Å²) in [6, 6.07) is 11.0. The highest BCUT2D eigenvalue weighted by Gasteiger charge is 2.24. The molecule has 1 unspecified atom stereocenters. The Morgan fingerprint density at radius 3 is 2.21 bits per heavy atom. The molecule has 2 rings (SSSR count). The fraction of sp³-hybridized carbons (Fsp3) is 0.333. The number of hydrazine groups is 1. The molecule has 1 aromatic rings. The second-order valence-electron chi connectivity index (χ2n) is 3.77. The lowest BCUT2D eigenvalue weighted by atomic mass is 10.0. The van der Waals surface area contributed by atoms with Crippen LogP contribution >= 0.6 is 0 Å². The maximum Gasteiger partial charge on any atom is 0.0531 e. The molecule has 0 aromatic heterocycles. The van der Waals surface area contributed by atoms with Crippen LogP contribution < -0.4 is 0 Å².